The number of carbonyl (C=O) groups excluding carboxylic acids is 1. The van der Waals surface area contributed by atoms with E-state index in [1.807, 2.05) is 55.5 Å². The molecular weight excluding hydrogens is 292 g/mol. The Morgan fingerprint density at radius 2 is 1.64 bits per heavy atom. The molecule has 0 unspecified atom stereocenters. The van der Waals surface area contributed by atoms with Crippen molar-refractivity contribution < 1.29 is 4.79 Å². The number of nitriles is 1. The molecule has 0 atom stereocenters. The largest absolute Gasteiger partial charge is 0.352 e. The van der Waals surface area contributed by atoms with Crippen LogP contribution in [-0.4, -0.2) is 12.5 Å². The summed E-state index contributed by atoms with van der Waals surface area (Å²) in [6.07, 6.45) is 0. The first-order valence-corrected chi connectivity index (χ1v) is 7.87. The van der Waals surface area contributed by atoms with Crippen molar-refractivity contribution in [1.82, 2.24) is 5.32 Å². The van der Waals surface area contributed by atoms with Crippen molar-refractivity contribution in [2.45, 2.75) is 16.7 Å². The van der Waals surface area contributed by atoms with Crippen molar-refractivity contribution in [3.63, 3.8) is 0 Å². The lowest BCUT2D eigenvalue weighted by Gasteiger charge is -2.22. The van der Waals surface area contributed by atoms with Crippen molar-refractivity contribution in [3.05, 3.63) is 65.2 Å². The predicted molar refractivity (Wildman–Crippen MR) is 87.3 cm³/mol. The highest BCUT2D eigenvalue weighted by Crippen LogP contribution is 2.46. The standard InChI is InChI=1S/C18H14N2OS/c1-2-20-18(21)14(11-19)17-12-7-3-5-9-15(12)22-16-10-6-4-8-13(16)17/h3-10H,2H2,1H3,(H,20,21). The van der Waals surface area contributed by atoms with Crippen LogP contribution in [0.4, 0.5) is 0 Å². The van der Waals surface area contributed by atoms with Gasteiger partial charge in [-0.25, -0.2) is 0 Å². The zero-order chi connectivity index (χ0) is 15.5. The van der Waals surface area contributed by atoms with Gasteiger partial charge in [-0.2, -0.15) is 5.26 Å². The molecule has 0 saturated heterocycles. The van der Waals surface area contributed by atoms with Crippen LogP contribution in [0.5, 0.6) is 0 Å². The summed E-state index contributed by atoms with van der Waals surface area (Å²) in [5, 5.41) is 12.3. The minimum atomic E-state index is -0.323. The third-order valence-electron chi connectivity index (χ3n) is 3.46. The Labute approximate surface area is 133 Å². The van der Waals surface area contributed by atoms with Crippen LogP contribution in [0, 0.1) is 11.3 Å². The number of hydrogen-bond acceptors (Lipinski definition) is 3. The first kappa shape index (κ1) is 14.4. The van der Waals surface area contributed by atoms with E-state index in [4.69, 9.17) is 0 Å². The fraction of sp³-hybridized carbons (Fsp3) is 0.111. The second kappa shape index (κ2) is 6.08. The number of benzene rings is 2. The predicted octanol–water partition coefficient (Wildman–Crippen LogP) is 3.61. The molecule has 0 aromatic heterocycles. The van der Waals surface area contributed by atoms with Crippen molar-refractivity contribution in [2.75, 3.05) is 6.54 Å². The summed E-state index contributed by atoms with van der Waals surface area (Å²) in [6.45, 7) is 2.34. The van der Waals surface area contributed by atoms with E-state index in [9.17, 15) is 10.1 Å². The van der Waals surface area contributed by atoms with E-state index in [0.717, 1.165) is 26.5 Å². The van der Waals surface area contributed by atoms with Crippen molar-refractivity contribution in [2.24, 2.45) is 0 Å². The highest BCUT2D eigenvalue weighted by Gasteiger charge is 2.26. The number of likely N-dealkylation sites (N-methyl/N-ethyl adjacent to an activating group) is 1. The summed E-state index contributed by atoms with van der Waals surface area (Å²) >= 11 is 1.66. The molecule has 4 heteroatoms. The molecule has 1 amide bonds. The Morgan fingerprint density at radius 3 is 2.14 bits per heavy atom. The van der Waals surface area contributed by atoms with Gasteiger partial charge >= 0.3 is 0 Å². The quantitative estimate of drug-likeness (QED) is 0.581. The first-order chi connectivity index (χ1) is 10.8. The van der Waals surface area contributed by atoms with Gasteiger partial charge in [-0.15, -0.1) is 0 Å². The smallest absolute Gasteiger partial charge is 0.262 e. The minimum absolute atomic E-state index is 0.169. The van der Waals surface area contributed by atoms with Gasteiger partial charge in [-0.1, -0.05) is 48.2 Å². The molecule has 0 spiro atoms. The summed E-state index contributed by atoms with van der Waals surface area (Å²) < 4.78 is 0. The number of carbonyl (C=O) groups is 1. The lowest BCUT2D eigenvalue weighted by Crippen LogP contribution is -2.25. The van der Waals surface area contributed by atoms with Gasteiger partial charge in [0.05, 0.1) is 0 Å². The molecule has 108 valence electrons. The number of amides is 1. The lowest BCUT2D eigenvalue weighted by atomic mass is 9.92. The average Bonchev–Trinajstić information content (AvgIpc) is 2.55. The topological polar surface area (TPSA) is 52.9 Å². The van der Waals surface area contributed by atoms with E-state index in [2.05, 4.69) is 11.4 Å². The summed E-state index contributed by atoms with van der Waals surface area (Å²) in [7, 11) is 0. The molecular formula is C18H14N2OS. The third kappa shape index (κ3) is 2.40. The summed E-state index contributed by atoms with van der Waals surface area (Å²) in [5.41, 5.74) is 2.77. The molecule has 1 aliphatic rings. The molecule has 0 saturated carbocycles. The van der Waals surface area contributed by atoms with E-state index >= 15 is 0 Å². The van der Waals surface area contributed by atoms with Crippen LogP contribution in [-0.2, 0) is 4.79 Å². The van der Waals surface area contributed by atoms with E-state index < -0.39 is 0 Å². The maximum absolute atomic E-state index is 12.3. The van der Waals surface area contributed by atoms with E-state index in [0.29, 0.717) is 6.54 Å². The first-order valence-electron chi connectivity index (χ1n) is 7.05. The fourth-order valence-electron chi connectivity index (χ4n) is 2.53. The number of nitrogens with zero attached hydrogens (tertiary/aromatic N) is 1. The van der Waals surface area contributed by atoms with Gasteiger partial charge in [0.25, 0.3) is 5.91 Å². The molecule has 22 heavy (non-hydrogen) atoms. The minimum Gasteiger partial charge on any atom is -0.352 e. The van der Waals surface area contributed by atoms with Gasteiger partial charge in [-0.05, 0) is 30.2 Å². The van der Waals surface area contributed by atoms with Gasteiger partial charge in [0.15, 0.2) is 0 Å². The van der Waals surface area contributed by atoms with Gasteiger partial charge in [0.1, 0.15) is 11.6 Å². The third-order valence-corrected chi connectivity index (χ3v) is 4.61. The Hall–Kier alpha value is -2.51. The highest BCUT2D eigenvalue weighted by molar-refractivity contribution is 7.99. The highest BCUT2D eigenvalue weighted by atomic mass is 32.2. The van der Waals surface area contributed by atoms with Crippen molar-refractivity contribution in [1.29, 1.82) is 5.26 Å². The van der Waals surface area contributed by atoms with Gasteiger partial charge in [0.2, 0.25) is 0 Å². The van der Waals surface area contributed by atoms with E-state index in [1.165, 1.54) is 0 Å². The summed E-state index contributed by atoms with van der Waals surface area (Å²) in [5.74, 6) is -0.323. The van der Waals surface area contributed by atoms with Crippen LogP contribution in [0.3, 0.4) is 0 Å². The van der Waals surface area contributed by atoms with E-state index in [1.54, 1.807) is 11.8 Å². The van der Waals surface area contributed by atoms with E-state index in [-0.39, 0.29) is 11.5 Å². The zero-order valence-electron chi connectivity index (χ0n) is 12.1. The average molecular weight is 306 g/mol. The Kier molecular flexibility index (Phi) is 3.99. The maximum Gasteiger partial charge on any atom is 0.262 e. The molecule has 2 aromatic rings. The maximum atomic E-state index is 12.3. The van der Waals surface area contributed by atoms with Crippen LogP contribution in [0.2, 0.25) is 0 Å². The van der Waals surface area contributed by atoms with Crippen LogP contribution in [0.1, 0.15) is 18.1 Å². The van der Waals surface area contributed by atoms with Crippen molar-refractivity contribution >= 4 is 23.2 Å². The number of rotatable bonds is 2. The summed E-state index contributed by atoms with van der Waals surface area (Å²) in [4.78, 5) is 14.4. The normalized spacial score (nSPS) is 11.9. The molecule has 2 aromatic carbocycles. The SMILES string of the molecule is CCNC(=O)C(C#N)=C1c2ccccc2Sc2ccccc21. The second-order valence-electron chi connectivity index (χ2n) is 4.82. The molecule has 3 rings (SSSR count). The van der Waals surface area contributed by atoms with Crippen molar-refractivity contribution in [3.8, 4) is 6.07 Å². The Morgan fingerprint density at radius 1 is 1.09 bits per heavy atom. The molecule has 0 radical (unpaired) electrons. The second-order valence-corrected chi connectivity index (χ2v) is 5.90. The number of hydrogen-bond donors (Lipinski definition) is 1. The molecule has 1 aliphatic heterocycles. The monoisotopic (exact) mass is 306 g/mol. The fourth-order valence-corrected chi connectivity index (χ4v) is 3.62. The van der Waals surface area contributed by atoms with Crippen LogP contribution >= 0.6 is 11.8 Å². The summed E-state index contributed by atoms with van der Waals surface area (Å²) in [6, 6.07) is 17.9. The van der Waals surface area contributed by atoms with Gasteiger partial charge in [0, 0.05) is 21.9 Å². The number of fused-ring (bicyclic) bond motifs is 2. The zero-order valence-corrected chi connectivity index (χ0v) is 12.9. The van der Waals surface area contributed by atoms with Crippen LogP contribution in [0.25, 0.3) is 5.57 Å². The van der Waals surface area contributed by atoms with Gasteiger partial charge in [-0.3, -0.25) is 4.79 Å². The molecule has 1 N–H and O–H groups in total. The molecule has 3 nitrogen and oxygen atoms in total. The van der Waals surface area contributed by atoms with Gasteiger partial charge < -0.3 is 5.32 Å². The molecule has 0 aliphatic carbocycles. The Bertz CT molecular complexity index is 770. The molecule has 0 fully saturated rings. The Balaban J connectivity index is 2.31. The molecule has 0 bridgehead atoms. The van der Waals surface area contributed by atoms with Crippen LogP contribution < -0.4 is 5.32 Å². The lowest BCUT2D eigenvalue weighted by molar-refractivity contribution is -0.116. The number of nitrogens with one attached hydrogen (secondary N) is 1. The molecule has 1 heterocycles. The van der Waals surface area contributed by atoms with Crippen LogP contribution in [0.15, 0.2) is 63.9 Å².